The molecule has 1 unspecified atom stereocenters. The van der Waals surface area contributed by atoms with Crippen LogP contribution >= 0.6 is 0 Å². The molecule has 2 aromatic rings. The lowest BCUT2D eigenvalue weighted by Crippen LogP contribution is -2.28. The van der Waals surface area contributed by atoms with Crippen LogP contribution in [0.2, 0.25) is 0 Å². The first kappa shape index (κ1) is 17.9. The maximum atomic E-state index is 12.9. The molecular formula is C23H27NO3. The van der Waals surface area contributed by atoms with Crippen molar-refractivity contribution in [1.29, 1.82) is 0 Å². The van der Waals surface area contributed by atoms with Gasteiger partial charge >= 0.3 is 0 Å². The van der Waals surface area contributed by atoms with Gasteiger partial charge in [0.15, 0.2) is 11.5 Å². The summed E-state index contributed by atoms with van der Waals surface area (Å²) in [5, 5.41) is 0. The van der Waals surface area contributed by atoms with E-state index in [1.807, 2.05) is 35.2 Å². The van der Waals surface area contributed by atoms with Gasteiger partial charge < -0.3 is 14.4 Å². The fourth-order valence-corrected chi connectivity index (χ4v) is 4.34. The summed E-state index contributed by atoms with van der Waals surface area (Å²) in [7, 11) is 1.68. The van der Waals surface area contributed by atoms with Crippen LogP contribution in [-0.2, 0) is 6.54 Å². The van der Waals surface area contributed by atoms with Crippen LogP contribution in [0.1, 0.15) is 66.6 Å². The lowest BCUT2D eigenvalue weighted by atomic mass is 10.0. The SMILES string of the molecule is CCC(c1ccc(OC)c(OC2CCCC2)c1)N1Cc2ccccc2C1=O. The molecule has 1 amide bonds. The van der Waals surface area contributed by atoms with Crippen LogP contribution in [0.4, 0.5) is 0 Å². The molecule has 2 aromatic carbocycles. The van der Waals surface area contributed by atoms with E-state index >= 15 is 0 Å². The van der Waals surface area contributed by atoms with Gasteiger partial charge in [-0.25, -0.2) is 0 Å². The molecule has 0 N–H and O–H groups in total. The van der Waals surface area contributed by atoms with Crippen molar-refractivity contribution in [2.75, 3.05) is 7.11 Å². The first-order chi connectivity index (χ1) is 13.2. The highest BCUT2D eigenvalue weighted by atomic mass is 16.5. The zero-order valence-electron chi connectivity index (χ0n) is 16.1. The molecule has 142 valence electrons. The first-order valence-electron chi connectivity index (χ1n) is 9.94. The van der Waals surface area contributed by atoms with Gasteiger partial charge in [0.25, 0.3) is 5.91 Å². The Morgan fingerprint density at radius 3 is 2.59 bits per heavy atom. The number of carbonyl (C=O) groups is 1. The number of methoxy groups -OCH3 is 1. The van der Waals surface area contributed by atoms with Gasteiger partial charge in [-0.05, 0) is 61.4 Å². The van der Waals surface area contributed by atoms with Crippen LogP contribution in [0.25, 0.3) is 0 Å². The van der Waals surface area contributed by atoms with E-state index in [4.69, 9.17) is 9.47 Å². The van der Waals surface area contributed by atoms with Crippen molar-refractivity contribution in [2.45, 2.75) is 57.7 Å². The van der Waals surface area contributed by atoms with Crippen molar-refractivity contribution < 1.29 is 14.3 Å². The van der Waals surface area contributed by atoms with Crippen LogP contribution in [0.5, 0.6) is 11.5 Å². The van der Waals surface area contributed by atoms with E-state index in [2.05, 4.69) is 19.1 Å². The fraction of sp³-hybridized carbons (Fsp3) is 0.435. The van der Waals surface area contributed by atoms with Crippen molar-refractivity contribution >= 4 is 5.91 Å². The predicted octanol–water partition coefficient (Wildman–Crippen LogP) is 5.12. The third-order valence-electron chi connectivity index (χ3n) is 5.78. The second-order valence-corrected chi connectivity index (χ2v) is 7.45. The molecule has 1 fully saturated rings. The van der Waals surface area contributed by atoms with Crippen molar-refractivity contribution in [3.05, 3.63) is 59.2 Å². The average Bonchev–Trinajstić information content (AvgIpc) is 3.32. The van der Waals surface area contributed by atoms with Crippen LogP contribution in [0.3, 0.4) is 0 Å². The molecular weight excluding hydrogens is 338 g/mol. The van der Waals surface area contributed by atoms with Crippen LogP contribution in [0.15, 0.2) is 42.5 Å². The van der Waals surface area contributed by atoms with Gasteiger partial charge in [0.05, 0.1) is 19.3 Å². The third kappa shape index (κ3) is 3.41. The molecule has 0 aromatic heterocycles. The molecule has 4 rings (SSSR count). The number of hydrogen-bond donors (Lipinski definition) is 0. The molecule has 0 radical (unpaired) electrons. The Morgan fingerprint density at radius 2 is 1.89 bits per heavy atom. The number of benzene rings is 2. The smallest absolute Gasteiger partial charge is 0.255 e. The quantitative estimate of drug-likeness (QED) is 0.713. The molecule has 0 saturated heterocycles. The first-order valence-corrected chi connectivity index (χ1v) is 9.94. The van der Waals surface area contributed by atoms with Gasteiger partial charge in [0.1, 0.15) is 0 Å². The molecule has 0 bridgehead atoms. The molecule has 1 aliphatic carbocycles. The number of rotatable bonds is 6. The fourth-order valence-electron chi connectivity index (χ4n) is 4.34. The minimum Gasteiger partial charge on any atom is -0.493 e. The number of amides is 1. The summed E-state index contributed by atoms with van der Waals surface area (Å²) < 4.78 is 11.8. The van der Waals surface area contributed by atoms with Crippen molar-refractivity contribution in [3.8, 4) is 11.5 Å². The van der Waals surface area contributed by atoms with E-state index in [0.29, 0.717) is 6.54 Å². The van der Waals surface area contributed by atoms with Crippen LogP contribution in [-0.4, -0.2) is 24.0 Å². The van der Waals surface area contributed by atoms with Gasteiger partial charge in [-0.3, -0.25) is 4.79 Å². The number of ether oxygens (including phenoxy) is 2. The Bertz CT molecular complexity index is 826. The molecule has 4 nitrogen and oxygen atoms in total. The van der Waals surface area contributed by atoms with Gasteiger partial charge in [0.2, 0.25) is 0 Å². The molecule has 27 heavy (non-hydrogen) atoms. The molecule has 1 aliphatic heterocycles. The lowest BCUT2D eigenvalue weighted by Gasteiger charge is -2.28. The second kappa shape index (κ2) is 7.63. The highest BCUT2D eigenvalue weighted by Crippen LogP contribution is 2.38. The second-order valence-electron chi connectivity index (χ2n) is 7.45. The summed E-state index contributed by atoms with van der Waals surface area (Å²) >= 11 is 0. The summed E-state index contributed by atoms with van der Waals surface area (Å²) in [5.74, 6) is 1.67. The minimum absolute atomic E-state index is 0.0294. The van der Waals surface area contributed by atoms with Crippen molar-refractivity contribution in [2.24, 2.45) is 0 Å². The van der Waals surface area contributed by atoms with Gasteiger partial charge in [-0.1, -0.05) is 31.2 Å². The van der Waals surface area contributed by atoms with Crippen LogP contribution in [0, 0.1) is 0 Å². The van der Waals surface area contributed by atoms with Crippen LogP contribution < -0.4 is 9.47 Å². The number of fused-ring (bicyclic) bond motifs is 1. The van der Waals surface area contributed by atoms with E-state index in [0.717, 1.165) is 47.5 Å². The molecule has 0 spiro atoms. The Labute approximate surface area is 161 Å². The Morgan fingerprint density at radius 1 is 1.11 bits per heavy atom. The molecule has 2 aliphatic rings. The number of carbonyl (C=O) groups excluding carboxylic acids is 1. The Kier molecular flexibility index (Phi) is 5.06. The highest BCUT2D eigenvalue weighted by molar-refractivity contribution is 5.98. The minimum atomic E-state index is 0.0294. The molecule has 4 heteroatoms. The summed E-state index contributed by atoms with van der Waals surface area (Å²) in [6.07, 6.45) is 5.78. The summed E-state index contributed by atoms with van der Waals surface area (Å²) in [6.45, 7) is 2.79. The van der Waals surface area contributed by atoms with E-state index < -0.39 is 0 Å². The maximum absolute atomic E-state index is 12.9. The summed E-state index contributed by atoms with van der Waals surface area (Å²) in [5.41, 5.74) is 3.04. The molecule has 1 heterocycles. The Hall–Kier alpha value is -2.49. The largest absolute Gasteiger partial charge is 0.493 e. The Balaban J connectivity index is 1.62. The predicted molar refractivity (Wildman–Crippen MR) is 105 cm³/mol. The topological polar surface area (TPSA) is 38.8 Å². The van der Waals surface area contributed by atoms with Crippen molar-refractivity contribution in [1.82, 2.24) is 4.90 Å². The number of nitrogens with zero attached hydrogens (tertiary/aromatic N) is 1. The van der Waals surface area contributed by atoms with Gasteiger partial charge in [0, 0.05) is 12.1 Å². The summed E-state index contributed by atoms with van der Waals surface area (Å²) in [6, 6.07) is 14.0. The van der Waals surface area contributed by atoms with E-state index in [1.165, 1.54) is 12.8 Å². The lowest BCUT2D eigenvalue weighted by molar-refractivity contribution is 0.0695. The highest BCUT2D eigenvalue weighted by Gasteiger charge is 2.32. The van der Waals surface area contributed by atoms with E-state index in [1.54, 1.807) is 7.11 Å². The summed E-state index contributed by atoms with van der Waals surface area (Å²) in [4.78, 5) is 14.9. The molecule has 1 atom stereocenters. The van der Waals surface area contributed by atoms with E-state index in [9.17, 15) is 4.79 Å². The normalized spacial score (nSPS) is 17.9. The zero-order valence-corrected chi connectivity index (χ0v) is 16.1. The zero-order chi connectivity index (χ0) is 18.8. The van der Waals surface area contributed by atoms with Gasteiger partial charge in [-0.15, -0.1) is 0 Å². The standard InChI is InChI=1S/C23H27NO3/c1-3-20(24-15-17-8-4-7-11-19(17)23(24)25)16-12-13-21(26-2)22(14-16)27-18-9-5-6-10-18/h4,7-8,11-14,18,20H,3,5-6,9-10,15H2,1-2H3. The van der Waals surface area contributed by atoms with Crippen molar-refractivity contribution in [3.63, 3.8) is 0 Å². The maximum Gasteiger partial charge on any atom is 0.255 e. The van der Waals surface area contributed by atoms with Gasteiger partial charge in [-0.2, -0.15) is 0 Å². The molecule has 1 saturated carbocycles. The average molecular weight is 365 g/mol. The number of hydrogen-bond acceptors (Lipinski definition) is 3. The van der Waals surface area contributed by atoms with E-state index in [-0.39, 0.29) is 18.1 Å². The monoisotopic (exact) mass is 365 g/mol. The third-order valence-corrected chi connectivity index (χ3v) is 5.78.